The first-order valence-electron chi connectivity index (χ1n) is 5.94. The molecule has 2 aromatic heterocycles. The quantitative estimate of drug-likeness (QED) is 0.815. The zero-order valence-electron chi connectivity index (χ0n) is 11.1. The molecule has 0 unspecified atom stereocenters. The van der Waals surface area contributed by atoms with Crippen LogP contribution in [0, 0.1) is 4.77 Å². The van der Waals surface area contributed by atoms with Crippen LogP contribution >= 0.6 is 12.2 Å². The minimum Gasteiger partial charge on any atom is -0.383 e. The van der Waals surface area contributed by atoms with Crippen molar-refractivity contribution in [3.05, 3.63) is 25.6 Å². The Morgan fingerprint density at radius 3 is 2.58 bits per heavy atom. The van der Waals surface area contributed by atoms with Crippen LogP contribution in [0.5, 0.6) is 0 Å². The molecule has 0 aromatic carbocycles. The van der Waals surface area contributed by atoms with Gasteiger partial charge in [-0.3, -0.25) is 13.9 Å². The van der Waals surface area contributed by atoms with Gasteiger partial charge < -0.3 is 14.3 Å². The van der Waals surface area contributed by atoms with Gasteiger partial charge >= 0.3 is 5.69 Å². The van der Waals surface area contributed by atoms with Crippen molar-refractivity contribution >= 4 is 23.4 Å². The van der Waals surface area contributed by atoms with Gasteiger partial charge in [-0.2, -0.15) is 0 Å². The van der Waals surface area contributed by atoms with Crippen molar-refractivity contribution in [2.75, 3.05) is 13.7 Å². The summed E-state index contributed by atoms with van der Waals surface area (Å²) >= 11 is 5.18. The number of hydrogen-bond acceptors (Lipinski definition) is 4. The second kappa shape index (κ2) is 5.14. The first-order valence-corrected chi connectivity index (χ1v) is 6.35. The van der Waals surface area contributed by atoms with Crippen molar-refractivity contribution in [2.24, 2.45) is 7.05 Å². The molecule has 0 aliphatic heterocycles. The number of aromatic nitrogens is 4. The second-order valence-corrected chi connectivity index (χ2v) is 4.55. The van der Waals surface area contributed by atoms with Crippen LogP contribution in [0.2, 0.25) is 0 Å². The fourth-order valence-electron chi connectivity index (χ4n) is 2.08. The number of nitrogens with one attached hydrogen (secondary N) is 1. The number of aryl methyl sites for hydroxylation is 1. The summed E-state index contributed by atoms with van der Waals surface area (Å²) in [5.74, 6) is 0. The van der Waals surface area contributed by atoms with Crippen molar-refractivity contribution in [3.8, 4) is 0 Å². The van der Waals surface area contributed by atoms with Crippen LogP contribution < -0.4 is 11.2 Å². The molecule has 2 aromatic rings. The molecule has 19 heavy (non-hydrogen) atoms. The third-order valence-corrected chi connectivity index (χ3v) is 3.42. The van der Waals surface area contributed by atoms with E-state index >= 15 is 0 Å². The van der Waals surface area contributed by atoms with E-state index in [1.165, 1.54) is 11.6 Å². The molecule has 0 radical (unpaired) electrons. The van der Waals surface area contributed by atoms with Crippen molar-refractivity contribution in [2.45, 2.75) is 20.0 Å². The predicted octanol–water partition coefficient (Wildman–Crippen LogP) is 0.226. The van der Waals surface area contributed by atoms with Crippen LogP contribution in [0.4, 0.5) is 0 Å². The number of nitrogens with zero attached hydrogens (tertiary/aromatic N) is 3. The molecule has 2 heterocycles. The molecule has 8 heteroatoms. The van der Waals surface area contributed by atoms with E-state index in [4.69, 9.17) is 17.0 Å². The third-order valence-electron chi connectivity index (χ3n) is 3.09. The van der Waals surface area contributed by atoms with E-state index in [9.17, 15) is 9.59 Å². The molecule has 0 saturated heterocycles. The van der Waals surface area contributed by atoms with Gasteiger partial charge in [-0.1, -0.05) is 0 Å². The number of rotatable bonds is 4. The molecule has 1 N–H and O–H groups in total. The molecule has 0 bridgehead atoms. The van der Waals surface area contributed by atoms with Gasteiger partial charge in [0.25, 0.3) is 5.56 Å². The average molecular weight is 284 g/mol. The van der Waals surface area contributed by atoms with E-state index in [2.05, 4.69) is 4.98 Å². The fourth-order valence-corrected chi connectivity index (χ4v) is 2.40. The fraction of sp³-hybridized carbons (Fsp3) is 0.545. The summed E-state index contributed by atoms with van der Waals surface area (Å²) in [6, 6.07) is 0. The number of aromatic amines is 1. The van der Waals surface area contributed by atoms with Gasteiger partial charge in [0.05, 0.1) is 13.2 Å². The van der Waals surface area contributed by atoms with Crippen LogP contribution in [0.15, 0.2) is 9.59 Å². The van der Waals surface area contributed by atoms with Gasteiger partial charge in [-0.05, 0) is 19.1 Å². The van der Waals surface area contributed by atoms with E-state index in [1.54, 1.807) is 11.7 Å². The minimum absolute atomic E-state index is 0.345. The molecule has 0 fully saturated rings. The van der Waals surface area contributed by atoms with E-state index in [-0.39, 0.29) is 11.2 Å². The number of methoxy groups -OCH3 is 1. The largest absolute Gasteiger partial charge is 0.383 e. The van der Waals surface area contributed by atoms with E-state index in [0.29, 0.717) is 35.6 Å². The minimum atomic E-state index is -0.381. The summed E-state index contributed by atoms with van der Waals surface area (Å²) in [5.41, 5.74) is 0.152. The summed E-state index contributed by atoms with van der Waals surface area (Å²) in [4.78, 5) is 27.3. The van der Waals surface area contributed by atoms with Crippen molar-refractivity contribution in [3.63, 3.8) is 0 Å². The van der Waals surface area contributed by atoms with Crippen LogP contribution in [-0.4, -0.2) is 32.4 Å². The molecule has 0 saturated carbocycles. The maximum absolute atomic E-state index is 12.2. The highest BCUT2D eigenvalue weighted by Crippen LogP contribution is 2.08. The molecule has 0 atom stereocenters. The van der Waals surface area contributed by atoms with Gasteiger partial charge in [0.1, 0.15) is 5.65 Å². The first kappa shape index (κ1) is 13.8. The standard InChI is InChI=1S/C11H16N4O3S/c1-4-14-7-8(12-10(14)19)15(5-6-18-3)11(17)13(2)9(7)16/h4-6H2,1-3H3,(H,12,19). The average Bonchev–Trinajstić information content (AvgIpc) is 2.72. The smallest absolute Gasteiger partial charge is 0.332 e. The van der Waals surface area contributed by atoms with Gasteiger partial charge in [0, 0.05) is 20.7 Å². The summed E-state index contributed by atoms with van der Waals surface area (Å²) in [5, 5.41) is 0. The normalized spacial score (nSPS) is 11.3. The monoisotopic (exact) mass is 284 g/mol. The Kier molecular flexibility index (Phi) is 3.72. The highest BCUT2D eigenvalue weighted by molar-refractivity contribution is 7.71. The Balaban J connectivity index is 2.93. The zero-order valence-corrected chi connectivity index (χ0v) is 11.9. The van der Waals surface area contributed by atoms with Crippen molar-refractivity contribution in [1.29, 1.82) is 0 Å². The van der Waals surface area contributed by atoms with E-state index < -0.39 is 0 Å². The molecule has 0 aliphatic rings. The van der Waals surface area contributed by atoms with Crippen LogP contribution in [0.25, 0.3) is 11.2 Å². The maximum atomic E-state index is 12.2. The highest BCUT2D eigenvalue weighted by Gasteiger charge is 2.15. The molecule has 7 nitrogen and oxygen atoms in total. The molecule has 0 amide bonds. The number of ether oxygens (including phenoxy) is 1. The summed E-state index contributed by atoms with van der Waals surface area (Å²) < 4.78 is 9.68. The molecular weight excluding hydrogens is 268 g/mol. The second-order valence-electron chi connectivity index (χ2n) is 4.16. The van der Waals surface area contributed by atoms with Crippen LogP contribution in [0.1, 0.15) is 6.92 Å². The van der Waals surface area contributed by atoms with E-state index in [1.807, 2.05) is 6.92 Å². The number of H-pyrrole nitrogens is 1. The summed E-state index contributed by atoms with van der Waals surface area (Å²) in [7, 11) is 3.02. The number of hydrogen-bond donors (Lipinski definition) is 1. The van der Waals surface area contributed by atoms with Crippen LogP contribution in [0.3, 0.4) is 0 Å². The number of imidazole rings is 1. The lowest BCUT2D eigenvalue weighted by molar-refractivity contribution is 0.186. The van der Waals surface area contributed by atoms with Gasteiger partial charge in [0.15, 0.2) is 10.3 Å². The lowest BCUT2D eigenvalue weighted by atomic mass is 10.4. The third kappa shape index (κ3) is 2.06. The van der Waals surface area contributed by atoms with Crippen molar-refractivity contribution < 1.29 is 4.74 Å². The zero-order chi connectivity index (χ0) is 14.2. The lowest BCUT2D eigenvalue weighted by Gasteiger charge is -2.09. The van der Waals surface area contributed by atoms with Gasteiger partial charge in [-0.15, -0.1) is 0 Å². The molecule has 2 rings (SSSR count). The van der Waals surface area contributed by atoms with E-state index in [0.717, 1.165) is 4.57 Å². The Morgan fingerprint density at radius 2 is 2.00 bits per heavy atom. The molecule has 0 aliphatic carbocycles. The first-order chi connectivity index (χ1) is 9.02. The maximum Gasteiger partial charge on any atom is 0.332 e. The summed E-state index contributed by atoms with van der Waals surface area (Å²) in [6.07, 6.45) is 0. The Bertz CT molecular complexity index is 780. The van der Waals surface area contributed by atoms with Gasteiger partial charge in [0.2, 0.25) is 0 Å². The van der Waals surface area contributed by atoms with Crippen molar-refractivity contribution in [1.82, 2.24) is 18.7 Å². The Hall–Kier alpha value is -1.67. The summed E-state index contributed by atoms with van der Waals surface area (Å²) in [6.45, 7) is 3.20. The Labute approximate surface area is 114 Å². The number of fused-ring (bicyclic) bond motifs is 1. The molecule has 0 spiro atoms. The molecule has 104 valence electrons. The SMILES string of the molecule is CCn1c(=S)[nH]c2c1c(=O)n(C)c(=O)n2CCOC. The Morgan fingerprint density at radius 1 is 1.32 bits per heavy atom. The van der Waals surface area contributed by atoms with Crippen LogP contribution in [-0.2, 0) is 24.9 Å². The highest BCUT2D eigenvalue weighted by atomic mass is 32.1. The topological polar surface area (TPSA) is 74.0 Å². The molecular formula is C11H16N4O3S. The predicted molar refractivity (Wildman–Crippen MR) is 74.2 cm³/mol. The lowest BCUT2D eigenvalue weighted by Crippen LogP contribution is -2.39. The van der Waals surface area contributed by atoms with Gasteiger partial charge in [-0.25, -0.2) is 4.79 Å².